The Morgan fingerprint density at radius 3 is 2.60 bits per heavy atom. The zero-order valence-corrected chi connectivity index (χ0v) is 10.9. The first-order valence-corrected chi connectivity index (χ1v) is 5.90. The van der Waals surface area contributed by atoms with E-state index in [-0.39, 0.29) is 21.9 Å². The van der Waals surface area contributed by atoms with Crippen molar-refractivity contribution in [3.63, 3.8) is 0 Å². The summed E-state index contributed by atoms with van der Waals surface area (Å²) in [5.41, 5.74) is 5.89. The number of hydrogen-bond acceptors (Lipinski definition) is 4. The fourth-order valence-corrected chi connectivity index (χ4v) is 1.82. The fraction of sp³-hybridized carbons (Fsp3) is 0. The summed E-state index contributed by atoms with van der Waals surface area (Å²) in [6, 6.07) is 5.61. The third-order valence-electron chi connectivity index (χ3n) is 2.48. The standard InChI is InChI=1S/C13H10ClN3O3/c14-11-4-8(1-2-10(11)12(15)19)17-13(20)7-3-9(18)6-16-5-7/h1-6,18H,(H2,15,19)(H,17,20). The fourth-order valence-electron chi connectivity index (χ4n) is 1.55. The minimum Gasteiger partial charge on any atom is -0.506 e. The van der Waals surface area contributed by atoms with Crippen LogP contribution in [0.2, 0.25) is 5.02 Å². The quantitative estimate of drug-likeness (QED) is 0.801. The van der Waals surface area contributed by atoms with Gasteiger partial charge >= 0.3 is 0 Å². The molecule has 0 saturated heterocycles. The van der Waals surface area contributed by atoms with E-state index in [1.54, 1.807) is 0 Å². The van der Waals surface area contributed by atoms with Crippen molar-refractivity contribution in [2.24, 2.45) is 5.73 Å². The van der Waals surface area contributed by atoms with Crippen LogP contribution in [0.5, 0.6) is 5.75 Å². The van der Waals surface area contributed by atoms with Crippen LogP contribution in [0.25, 0.3) is 0 Å². The molecule has 2 aromatic rings. The Bertz CT molecular complexity index is 688. The van der Waals surface area contributed by atoms with Gasteiger partial charge in [0.1, 0.15) is 5.75 Å². The molecule has 0 fully saturated rings. The molecule has 0 aliphatic rings. The lowest BCUT2D eigenvalue weighted by Crippen LogP contribution is -2.14. The summed E-state index contributed by atoms with van der Waals surface area (Å²) in [7, 11) is 0. The Labute approximate surface area is 119 Å². The minimum absolute atomic E-state index is 0.111. The molecule has 0 aliphatic carbocycles. The molecule has 0 aliphatic heterocycles. The number of nitrogens with one attached hydrogen (secondary N) is 1. The lowest BCUT2D eigenvalue weighted by molar-refractivity contribution is 0.0998. The molecular weight excluding hydrogens is 282 g/mol. The molecule has 7 heteroatoms. The van der Waals surface area contributed by atoms with Crippen molar-refractivity contribution < 1.29 is 14.7 Å². The average molecular weight is 292 g/mol. The van der Waals surface area contributed by atoms with Gasteiger partial charge in [-0.2, -0.15) is 0 Å². The van der Waals surface area contributed by atoms with E-state index >= 15 is 0 Å². The van der Waals surface area contributed by atoms with E-state index in [9.17, 15) is 14.7 Å². The molecule has 20 heavy (non-hydrogen) atoms. The number of carbonyl (C=O) groups excluding carboxylic acids is 2. The van der Waals surface area contributed by atoms with E-state index in [0.717, 1.165) is 0 Å². The molecule has 0 atom stereocenters. The van der Waals surface area contributed by atoms with Gasteiger partial charge in [0.2, 0.25) is 5.91 Å². The van der Waals surface area contributed by atoms with Gasteiger partial charge in [-0.3, -0.25) is 14.6 Å². The van der Waals surface area contributed by atoms with Crippen molar-refractivity contribution in [2.45, 2.75) is 0 Å². The van der Waals surface area contributed by atoms with Gasteiger partial charge in [-0.1, -0.05) is 11.6 Å². The van der Waals surface area contributed by atoms with Gasteiger partial charge in [0, 0.05) is 11.9 Å². The van der Waals surface area contributed by atoms with Gasteiger partial charge < -0.3 is 16.2 Å². The summed E-state index contributed by atoms with van der Waals surface area (Å²) >= 11 is 5.87. The number of aromatic hydroxyl groups is 1. The summed E-state index contributed by atoms with van der Waals surface area (Å²) in [6.07, 6.45) is 2.53. The first-order valence-electron chi connectivity index (χ1n) is 5.52. The number of amides is 2. The van der Waals surface area contributed by atoms with Crippen molar-refractivity contribution in [3.05, 3.63) is 52.8 Å². The van der Waals surface area contributed by atoms with Crippen LogP contribution >= 0.6 is 11.6 Å². The number of primary amides is 1. The number of nitrogens with zero attached hydrogens (tertiary/aromatic N) is 1. The first-order chi connectivity index (χ1) is 9.47. The van der Waals surface area contributed by atoms with E-state index in [1.165, 1.54) is 36.7 Å². The molecule has 4 N–H and O–H groups in total. The Morgan fingerprint density at radius 2 is 2.00 bits per heavy atom. The van der Waals surface area contributed by atoms with E-state index in [2.05, 4.69) is 10.3 Å². The molecule has 2 amide bonds. The van der Waals surface area contributed by atoms with Gasteiger partial charge in [-0.15, -0.1) is 0 Å². The number of carbonyl (C=O) groups is 2. The molecule has 0 spiro atoms. The Balaban J connectivity index is 2.20. The number of pyridine rings is 1. The van der Waals surface area contributed by atoms with E-state index in [0.29, 0.717) is 5.69 Å². The SMILES string of the molecule is NC(=O)c1ccc(NC(=O)c2cncc(O)c2)cc1Cl. The second kappa shape index (κ2) is 5.58. The number of anilines is 1. The van der Waals surface area contributed by atoms with Crippen LogP contribution < -0.4 is 11.1 Å². The maximum atomic E-state index is 11.9. The van der Waals surface area contributed by atoms with Crippen molar-refractivity contribution in [2.75, 3.05) is 5.32 Å². The van der Waals surface area contributed by atoms with Crippen LogP contribution in [0.15, 0.2) is 36.7 Å². The highest BCUT2D eigenvalue weighted by atomic mass is 35.5. The monoisotopic (exact) mass is 291 g/mol. The summed E-state index contributed by atoms with van der Waals surface area (Å²) in [5.74, 6) is -1.22. The zero-order valence-electron chi connectivity index (χ0n) is 10.1. The smallest absolute Gasteiger partial charge is 0.257 e. The number of halogens is 1. The lowest BCUT2D eigenvalue weighted by Gasteiger charge is -2.07. The van der Waals surface area contributed by atoms with Crippen LogP contribution in [0, 0.1) is 0 Å². The second-order valence-electron chi connectivity index (χ2n) is 3.94. The highest BCUT2D eigenvalue weighted by molar-refractivity contribution is 6.34. The number of hydrogen-bond donors (Lipinski definition) is 3. The normalized spacial score (nSPS) is 10.1. The summed E-state index contributed by atoms with van der Waals surface area (Å²) in [5, 5.41) is 12.0. The van der Waals surface area contributed by atoms with Crippen molar-refractivity contribution in [3.8, 4) is 5.75 Å². The van der Waals surface area contributed by atoms with Crippen LogP contribution in [0.1, 0.15) is 20.7 Å². The third kappa shape index (κ3) is 3.04. The van der Waals surface area contributed by atoms with Gasteiger partial charge in [-0.25, -0.2) is 0 Å². The number of aromatic nitrogens is 1. The molecule has 6 nitrogen and oxygen atoms in total. The molecule has 0 saturated carbocycles. The lowest BCUT2D eigenvalue weighted by atomic mass is 10.2. The van der Waals surface area contributed by atoms with Crippen LogP contribution in [0.3, 0.4) is 0 Å². The second-order valence-corrected chi connectivity index (χ2v) is 4.35. The maximum absolute atomic E-state index is 11.9. The van der Waals surface area contributed by atoms with Gasteiger partial charge in [0.05, 0.1) is 22.3 Å². The Kier molecular flexibility index (Phi) is 3.86. The van der Waals surface area contributed by atoms with Gasteiger partial charge in [0.15, 0.2) is 0 Å². The number of nitrogens with two attached hydrogens (primary N) is 1. The van der Waals surface area contributed by atoms with E-state index in [4.69, 9.17) is 17.3 Å². The van der Waals surface area contributed by atoms with E-state index < -0.39 is 11.8 Å². The van der Waals surface area contributed by atoms with Crippen molar-refractivity contribution in [1.29, 1.82) is 0 Å². The molecule has 1 aromatic heterocycles. The summed E-state index contributed by atoms with van der Waals surface area (Å²) < 4.78 is 0. The average Bonchev–Trinajstić information content (AvgIpc) is 2.38. The molecule has 2 rings (SSSR count). The Hall–Kier alpha value is -2.60. The topological polar surface area (TPSA) is 105 Å². The summed E-state index contributed by atoms with van der Waals surface area (Å²) in [4.78, 5) is 26.6. The van der Waals surface area contributed by atoms with Crippen LogP contribution in [0.4, 0.5) is 5.69 Å². The van der Waals surface area contributed by atoms with Gasteiger partial charge in [-0.05, 0) is 24.3 Å². The largest absolute Gasteiger partial charge is 0.506 e. The van der Waals surface area contributed by atoms with Crippen molar-refractivity contribution >= 4 is 29.1 Å². The highest BCUT2D eigenvalue weighted by Crippen LogP contribution is 2.21. The molecule has 102 valence electrons. The Morgan fingerprint density at radius 1 is 1.25 bits per heavy atom. The summed E-state index contributed by atoms with van der Waals surface area (Å²) in [6.45, 7) is 0. The van der Waals surface area contributed by atoms with E-state index in [1.807, 2.05) is 0 Å². The maximum Gasteiger partial charge on any atom is 0.257 e. The number of rotatable bonds is 3. The molecule has 0 bridgehead atoms. The molecule has 0 unspecified atom stereocenters. The molecule has 1 heterocycles. The van der Waals surface area contributed by atoms with Crippen molar-refractivity contribution in [1.82, 2.24) is 4.98 Å². The first kappa shape index (κ1) is 13.8. The predicted molar refractivity (Wildman–Crippen MR) is 73.8 cm³/mol. The van der Waals surface area contributed by atoms with Crippen LogP contribution in [-0.2, 0) is 0 Å². The molecular formula is C13H10ClN3O3. The predicted octanol–water partition coefficient (Wildman–Crippen LogP) is 1.79. The molecule has 1 aromatic carbocycles. The van der Waals surface area contributed by atoms with Gasteiger partial charge in [0.25, 0.3) is 5.91 Å². The third-order valence-corrected chi connectivity index (χ3v) is 2.79. The molecule has 0 radical (unpaired) electrons. The number of benzene rings is 1. The zero-order chi connectivity index (χ0) is 14.7. The minimum atomic E-state index is -0.648. The van der Waals surface area contributed by atoms with Crippen LogP contribution in [-0.4, -0.2) is 21.9 Å². The highest BCUT2D eigenvalue weighted by Gasteiger charge is 2.10.